The molecule has 2 unspecified atom stereocenters. The Morgan fingerprint density at radius 1 is 0.846 bits per heavy atom. The summed E-state index contributed by atoms with van der Waals surface area (Å²) in [6.07, 6.45) is -0.921. The maximum absolute atomic E-state index is 15.8. The standard InChI is InChI=1S/C33H31FN2O3/c1-22-17-18-23(2)26(19-22)33(37)36-20-29(38-3)30(21-36)39-28-16-10-15-27(31(28)34)35-32(24-11-6-4-7-12-24)25-13-8-5-9-14-25/h4-19,29-30H,20-21H2,1-3H3. The molecule has 6 heteroatoms. The number of amides is 1. The smallest absolute Gasteiger partial charge is 0.254 e. The zero-order chi connectivity index (χ0) is 27.4. The van der Waals surface area contributed by atoms with Crippen LogP contribution in [-0.4, -0.2) is 48.9 Å². The Labute approximate surface area is 228 Å². The van der Waals surface area contributed by atoms with Crippen molar-refractivity contribution < 1.29 is 18.7 Å². The average Bonchev–Trinajstić information content (AvgIpc) is 3.38. The highest BCUT2D eigenvalue weighted by atomic mass is 19.1. The molecule has 5 nitrogen and oxygen atoms in total. The van der Waals surface area contributed by atoms with Gasteiger partial charge in [0.2, 0.25) is 0 Å². The maximum Gasteiger partial charge on any atom is 0.254 e. The first-order valence-electron chi connectivity index (χ1n) is 13.0. The minimum Gasteiger partial charge on any atom is -0.483 e. The number of halogens is 1. The Hall–Kier alpha value is -4.29. The van der Waals surface area contributed by atoms with Crippen molar-refractivity contribution in [2.24, 2.45) is 4.99 Å². The second kappa shape index (κ2) is 11.6. The third-order valence-corrected chi connectivity index (χ3v) is 6.98. The molecule has 1 aliphatic heterocycles. The summed E-state index contributed by atoms with van der Waals surface area (Å²) in [5.74, 6) is -0.570. The summed E-state index contributed by atoms with van der Waals surface area (Å²) in [5, 5.41) is 0. The highest BCUT2D eigenvalue weighted by Gasteiger charge is 2.38. The molecule has 0 radical (unpaired) electrons. The van der Waals surface area contributed by atoms with Crippen molar-refractivity contribution >= 4 is 17.3 Å². The van der Waals surface area contributed by atoms with Gasteiger partial charge in [0.25, 0.3) is 5.91 Å². The normalized spacial score (nSPS) is 16.7. The minimum atomic E-state index is -0.559. The van der Waals surface area contributed by atoms with E-state index in [1.165, 1.54) is 0 Å². The summed E-state index contributed by atoms with van der Waals surface area (Å²) < 4.78 is 27.6. The molecule has 1 aliphatic rings. The summed E-state index contributed by atoms with van der Waals surface area (Å²) in [6.45, 7) is 4.53. The van der Waals surface area contributed by atoms with E-state index in [4.69, 9.17) is 14.5 Å². The van der Waals surface area contributed by atoms with Gasteiger partial charge in [-0.15, -0.1) is 0 Å². The van der Waals surface area contributed by atoms with E-state index in [2.05, 4.69) is 0 Å². The number of aryl methyl sites for hydroxylation is 2. The van der Waals surface area contributed by atoms with E-state index in [0.29, 0.717) is 17.8 Å². The Morgan fingerprint density at radius 2 is 1.49 bits per heavy atom. The van der Waals surface area contributed by atoms with Crippen LogP contribution in [0.5, 0.6) is 5.75 Å². The van der Waals surface area contributed by atoms with Crippen LogP contribution in [0.4, 0.5) is 10.1 Å². The number of carbonyl (C=O) groups excluding carboxylic acids is 1. The summed E-state index contributed by atoms with van der Waals surface area (Å²) in [7, 11) is 1.58. The van der Waals surface area contributed by atoms with Gasteiger partial charge in [0.05, 0.1) is 18.8 Å². The maximum atomic E-state index is 15.8. The lowest BCUT2D eigenvalue weighted by Gasteiger charge is -2.19. The van der Waals surface area contributed by atoms with Crippen LogP contribution < -0.4 is 4.74 Å². The van der Waals surface area contributed by atoms with E-state index in [1.807, 2.05) is 92.7 Å². The predicted octanol–water partition coefficient (Wildman–Crippen LogP) is 6.53. The largest absolute Gasteiger partial charge is 0.483 e. The van der Waals surface area contributed by atoms with Crippen LogP contribution in [0.1, 0.15) is 32.6 Å². The van der Waals surface area contributed by atoms with Crippen molar-refractivity contribution in [3.05, 3.63) is 131 Å². The van der Waals surface area contributed by atoms with E-state index in [9.17, 15) is 4.79 Å². The van der Waals surface area contributed by atoms with Crippen LogP contribution in [0.3, 0.4) is 0 Å². The summed E-state index contributed by atoms with van der Waals surface area (Å²) in [4.78, 5) is 19.8. The van der Waals surface area contributed by atoms with Crippen molar-refractivity contribution in [2.45, 2.75) is 26.1 Å². The third kappa shape index (κ3) is 5.76. The zero-order valence-electron chi connectivity index (χ0n) is 22.3. The van der Waals surface area contributed by atoms with Crippen molar-refractivity contribution in [1.29, 1.82) is 0 Å². The first kappa shape index (κ1) is 26.3. The number of carbonyl (C=O) groups is 1. The number of aliphatic imine (C=N–C) groups is 1. The van der Waals surface area contributed by atoms with Gasteiger partial charge in [0.1, 0.15) is 17.9 Å². The van der Waals surface area contributed by atoms with Crippen LogP contribution in [0.2, 0.25) is 0 Å². The van der Waals surface area contributed by atoms with Gasteiger partial charge in [-0.05, 0) is 37.6 Å². The molecular weight excluding hydrogens is 491 g/mol. The molecule has 0 aromatic heterocycles. The minimum absolute atomic E-state index is 0.0739. The molecule has 1 saturated heterocycles. The lowest BCUT2D eigenvalue weighted by atomic mass is 10.0. The molecule has 1 amide bonds. The molecule has 2 atom stereocenters. The number of nitrogens with zero attached hydrogens (tertiary/aromatic N) is 2. The first-order chi connectivity index (χ1) is 18.9. The molecule has 1 heterocycles. The van der Waals surface area contributed by atoms with Gasteiger partial charge < -0.3 is 14.4 Å². The van der Waals surface area contributed by atoms with E-state index in [1.54, 1.807) is 30.2 Å². The molecule has 39 heavy (non-hydrogen) atoms. The second-order valence-electron chi connectivity index (χ2n) is 9.74. The molecule has 198 valence electrons. The van der Waals surface area contributed by atoms with Crippen molar-refractivity contribution in [2.75, 3.05) is 20.2 Å². The monoisotopic (exact) mass is 522 g/mol. The van der Waals surface area contributed by atoms with Gasteiger partial charge in [0.15, 0.2) is 11.6 Å². The molecule has 0 N–H and O–H groups in total. The lowest BCUT2D eigenvalue weighted by molar-refractivity contribution is 0.0323. The van der Waals surface area contributed by atoms with E-state index < -0.39 is 18.0 Å². The number of hydrogen-bond donors (Lipinski definition) is 0. The number of ether oxygens (including phenoxy) is 2. The fraction of sp³-hybridized carbons (Fsp3) is 0.212. The Balaban J connectivity index is 1.42. The van der Waals surface area contributed by atoms with Crippen LogP contribution in [0.15, 0.2) is 102 Å². The van der Waals surface area contributed by atoms with Crippen molar-refractivity contribution in [1.82, 2.24) is 4.90 Å². The van der Waals surface area contributed by atoms with E-state index in [-0.39, 0.29) is 23.9 Å². The molecule has 5 rings (SSSR count). The quantitative estimate of drug-likeness (QED) is 0.259. The molecule has 4 aromatic rings. The highest BCUT2D eigenvalue weighted by Crippen LogP contribution is 2.31. The number of methoxy groups -OCH3 is 1. The average molecular weight is 523 g/mol. The Kier molecular flexibility index (Phi) is 7.84. The second-order valence-corrected chi connectivity index (χ2v) is 9.74. The molecule has 1 fully saturated rings. The molecule has 0 aliphatic carbocycles. The fourth-order valence-electron chi connectivity index (χ4n) is 4.83. The van der Waals surface area contributed by atoms with Gasteiger partial charge in [-0.2, -0.15) is 0 Å². The molecule has 0 bridgehead atoms. The van der Waals surface area contributed by atoms with E-state index in [0.717, 1.165) is 22.3 Å². The first-order valence-corrected chi connectivity index (χ1v) is 13.0. The molecular formula is C33H31FN2O3. The van der Waals surface area contributed by atoms with Gasteiger partial charge in [-0.1, -0.05) is 84.4 Å². The van der Waals surface area contributed by atoms with Crippen LogP contribution in [0.25, 0.3) is 0 Å². The number of likely N-dealkylation sites (tertiary alicyclic amines) is 1. The molecule has 0 saturated carbocycles. The number of rotatable bonds is 7. The predicted molar refractivity (Wildman–Crippen MR) is 152 cm³/mol. The van der Waals surface area contributed by atoms with Gasteiger partial charge in [0, 0.05) is 23.8 Å². The number of benzene rings is 4. The molecule has 0 spiro atoms. The van der Waals surface area contributed by atoms with Crippen LogP contribution in [0, 0.1) is 19.7 Å². The zero-order valence-corrected chi connectivity index (χ0v) is 22.3. The molecule has 4 aromatic carbocycles. The topological polar surface area (TPSA) is 51.1 Å². The third-order valence-electron chi connectivity index (χ3n) is 6.98. The van der Waals surface area contributed by atoms with Crippen LogP contribution in [-0.2, 0) is 4.74 Å². The number of hydrogen-bond acceptors (Lipinski definition) is 4. The van der Waals surface area contributed by atoms with Gasteiger partial charge >= 0.3 is 0 Å². The Morgan fingerprint density at radius 3 is 2.13 bits per heavy atom. The van der Waals surface area contributed by atoms with Gasteiger partial charge in [-0.3, -0.25) is 4.79 Å². The Bertz CT molecular complexity index is 1450. The van der Waals surface area contributed by atoms with Gasteiger partial charge in [-0.25, -0.2) is 9.38 Å². The highest BCUT2D eigenvalue weighted by molar-refractivity contribution is 6.14. The summed E-state index contributed by atoms with van der Waals surface area (Å²) in [6, 6.07) is 30.2. The lowest BCUT2D eigenvalue weighted by Crippen LogP contribution is -2.32. The van der Waals surface area contributed by atoms with Crippen LogP contribution >= 0.6 is 0 Å². The van der Waals surface area contributed by atoms with E-state index >= 15 is 4.39 Å². The van der Waals surface area contributed by atoms with Crippen molar-refractivity contribution in [3.63, 3.8) is 0 Å². The fourth-order valence-corrected chi connectivity index (χ4v) is 4.83. The van der Waals surface area contributed by atoms with Crippen molar-refractivity contribution in [3.8, 4) is 5.75 Å². The summed E-state index contributed by atoms with van der Waals surface area (Å²) in [5.41, 5.74) is 5.17. The SMILES string of the molecule is COC1CN(C(=O)c2cc(C)ccc2C)CC1Oc1cccc(N=C(c2ccccc2)c2ccccc2)c1F. The summed E-state index contributed by atoms with van der Waals surface area (Å²) >= 11 is 0.